The van der Waals surface area contributed by atoms with Crippen molar-refractivity contribution in [1.29, 1.82) is 0 Å². The minimum atomic E-state index is -0.593. The highest BCUT2D eigenvalue weighted by Gasteiger charge is 2.31. The van der Waals surface area contributed by atoms with Gasteiger partial charge in [0.2, 0.25) is 5.82 Å². The Labute approximate surface area is 216 Å². The third kappa shape index (κ3) is 5.61. The number of hydrogen-bond donors (Lipinski definition) is 0. The van der Waals surface area contributed by atoms with Crippen molar-refractivity contribution >= 4 is 17.4 Å². The maximum Gasteiger partial charge on any atom is 0.410 e. The van der Waals surface area contributed by atoms with E-state index in [1.54, 1.807) is 15.6 Å². The van der Waals surface area contributed by atoms with Crippen LogP contribution in [-0.2, 0) is 4.74 Å². The van der Waals surface area contributed by atoms with Crippen molar-refractivity contribution < 1.29 is 18.7 Å². The van der Waals surface area contributed by atoms with E-state index in [4.69, 9.17) is 9.47 Å². The molecule has 0 aromatic carbocycles. The number of rotatable bonds is 4. The van der Waals surface area contributed by atoms with E-state index in [2.05, 4.69) is 20.0 Å². The van der Waals surface area contributed by atoms with Crippen LogP contribution in [0.3, 0.4) is 0 Å². The number of carbonyl (C=O) groups excluding carboxylic acids is 1. The molecule has 11 heteroatoms. The molecule has 1 atom stereocenters. The van der Waals surface area contributed by atoms with E-state index in [9.17, 15) is 4.79 Å². The van der Waals surface area contributed by atoms with Crippen LogP contribution in [0, 0.1) is 5.82 Å². The van der Waals surface area contributed by atoms with Crippen LogP contribution in [0.1, 0.15) is 33.6 Å². The maximum absolute atomic E-state index is 15.9. The maximum atomic E-state index is 15.9. The van der Waals surface area contributed by atoms with E-state index in [1.165, 1.54) is 0 Å². The number of pyridine rings is 1. The molecule has 5 rings (SSSR count). The first-order valence-electron chi connectivity index (χ1n) is 12.8. The fraction of sp³-hybridized carbons (Fsp3) is 0.538. The predicted molar refractivity (Wildman–Crippen MR) is 137 cm³/mol. The Balaban J connectivity index is 1.46. The molecular weight excluding hydrogens is 477 g/mol. The highest BCUT2D eigenvalue weighted by Crippen LogP contribution is 2.32. The fourth-order valence-electron chi connectivity index (χ4n) is 4.63. The highest BCUT2D eigenvalue weighted by molar-refractivity contribution is 5.76. The molecule has 1 amide bonds. The quantitative estimate of drug-likeness (QED) is 0.526. The zero-order valence-electron chi connectivity index (χ0n) is 21.9. The van der Waals surface area contributed by atoms with Crippen LogP contribution >= 0.6 is 0 Å². The molecule has 3 aromatic rings. The van der Waals surface area contributed by atoms with Crippen LogP contribution in [0.15, 0.2) is 30.6 Å². The summed E-state index contributed by atoms with van der Waals surface area (Å²) in [6, 6.07) is 5.72. The van der Waals surface area contributed by atoms with Crippen LogP contribution < -0.4 is 9.64 Å². The van der Waals surface area contributed by atoms with E-state index in [-0.39, 0.29) is 11.7 Å². The molecule has 0 aliphatic carbocycles. The van der Waals surface area contributed by atoms with Crippen molar-refractivity contribution in [1.82, 2.24) is 29.4 Å². The first kappa shape index (κ1) is 25.2. The Morgan fingerprint density at radius 3 is 2.65 bits per heavy atom. The molecule has 2 aliphatic rings. The van der Waals surface area contributed by atoms with Crippen molar-refractivity contribution in [3.05, 3.63) is 36.4 Å². The number of hydrogen-bond acceptors (Lipinski definition) is 8. The molecule has 3 aromatic heterocycles. The predicted octanol–water partition coefficient (Wildman–Crippen LogP) is 3.46. The molecule has 0 spiro atoms. The van der Waals surface area contributed by atoms with E-state index >= 15 is 4.39 Å². The Morgan fingerprint density at radius 1 is 1.11 bits per heavy atom. The standard InChI is InChI=1S/C26H34FN7O3/c1-26(2,3)37-25(35)33-10-7-8-18(17-33)36-24-21(27)23(32-14-12-31(4)13-15-32)29-22(30-24)19-16-28-34-11-6-5-9-20(19)34/h5-6,9,11,16,18H,7-8,10,12-15,17H2,1-4H3/t18-/m1/s1. The SMILES string of the molecule is CN1CCN(c2nc(-c3cnn4ccccc34)nc(O[C@@H]3CCCN(C(=O)OC(C)(C)C)C3)c2F)CC1. The van der Waals surface area contributed by atoms with Gasteiger partial charge in [0, 0.05) is 38.9 Å². The number of fused-ring (bicyclic) bond motifs is 1. The van der Waals surface area contributed by atoms with Crippen molar-refractivity contribution in [2.24, 2.45) is 0 Å². The molecule has 5 heterocycles. The molecule has 2 fully saturated rings. The summed E-state index contributed by atoms with van der Waals surface area (Å²) in [7, 11) is 2.05. The summed E-state index contributed by atoms with van der Waals surface area (Å²) < 4.78 is 29.3. The summed E-state index contributed by atoms with van der Waals surface area (Å²) in [6.45, 7) is 9.28. The van der Waals surface area contributed by atoms with Crippen LogP contribution in [0.25, 0.3) is 16.9 Å². The normalized spacial score (nSPS) is 19.3. The molecule has 0 unspecified atom stereocenters. The summed E-state index contributed by atoms with van der Waals surface area (Å²) in [5.74, 6) is -0.112. The van der Waals surface area contributed by atoms with Gasteiger partial charge in [0.15, 0.2) is 11.6 Å². The number of aromatic nitrogens is 4. The van der Waals surface area contributed by atoms with E-state index in [0.717, 1.165) is 25.0 Å². The van der Waals surface area contributed by atoms with Crippen molar-refractivity contribution in [3.8, 4) is 17.3 Å². The number of anilines is 1. The second-order valence-corrected chi connectivity index (χ2v) is 10.7. The Kier molecular flexibility index (Phi) is 6.89. The van der Waals surface area contributed by atoms with Crippen LogP contribution in [0.5, 0.6) is 5.88 Å². The first-order chi connectivity index (χ1) is 17.7. The lowest BCUT2D eigenvalue weighted by atomic mass is 10.1. The van der Waals surface area contributed by atoms with Gasteiger partial charge in [-0.15, -0.1) is 0 Å². The lowest BCUT2D eigenvalue weighted by molar-refractivity contribution is 0.00676. The van der Waals surface area contributed by atoms with Gasteiger partial charge in [0.25, 0.3) is 5.88 Å². The van der Waals surface area contributed by atoms with Gasteiger partial charge in [-0.25, -0.2) is 14.3 Å². The van der Waals surface area contributed by atoms with E-state index in [0.29, 0.717) is 44.0 Å². The molecule has 0 radical (unpaired) electrons. The molecular formula is C26H34FN7O3. The second kappa shape index (κ2) is 10.1. The zero-order chi connectivity index (χ0) is 26.2. The van der Waals surface area contributed by atoms with Crippen molar-refractivity contribution in [2.45, 2.75) is 45.3 Å². The third-order valence-electron chi connectivity index (χ3n) is 6.58. The molecule has 0 N–H and O–H groups in total. The molecule has 0 bridgehead atoms. The minimum absolute atomic E-state index is 0.106. The molecule has 198 valence electrons. The minimum Gasteiger partial charge on any atom is -0.470 e. The Bertz CT molecular complexity index is 1270. The summed E-state index contributed by atoms with van der Waals surface area (Å²) in [6.07, 6.45) is 4.12. The van der Waals surface area contributed by atoms with Gasteiger partial charge in [-0.3, -0.25) is 0 Å². The molecule has 2 aliphatic heterocycles. The Morgan fingerprint density at radius 2 is 1.89 bits per heavy atom. The van der Waals surface area contributed by atoms with Crippen molar-refractivity contribution in [3.63, 3.8) is 0 Å². The first-order valence-corrected chi connectivity index (χ1v) is 12.8. The summed E-state index contributed by atoms with van der Waals surface area (Å²) in [5.41, 5.74) is 0.919. The number of carbonyl (C=O) groups is 1. The van der Waals surface area contributed by atoms with Gasteiger partial charge >= 0.3 is 6.09 Å². The summed E-state index contributed by atoms with van der Waals surface area (Å²) >= 11 is 0. The van der Waals surface area contributed by atoms with Crippen LogP contribution in [-0.4, -0.2) is 93.5 Å². The van der Waals surface area contributed by atoms with Gasteiger partial charge in [0.1, 0.15) is 11.7 Å². The van der Waals surface area contributed by atoms with Gasteiger partial charge in [0.05, 0.1) is 23.8 Å². The lowest BCUT2D eigenvalue weighted by Gasteiger charge is -2.35. The number of ether oxygens (including phenoxy) is 2. The van der Waals surface area contributed by atoms with Gasteiger partial charge in [-0.1, -0.05) is 6.07 Å². The lowest BCUT2D eigenvalue weighted by Crippen LogP contribution is -2.46. The van der Waals surface area contributed by atoms with E-state index < -0.39 is 23.6 Å². The van der Waals surface area contributed by atoms with Gasteiger partial charge in [-0.2, -0.15) is 14.5 Å². The van der Waals surface area contributed by atoms with Crippen LogP contribution in [0.2, 0.25) is 0 Å². The number of amides is 1. The molecule has 37 heavy (non-hydrogen) atoms. The number of piperazine rings is 1. The summed E-state index contributed by atoms with van der Waals surface area (Å²) in [5, 5.41) is 4.40. The van der Waals surface area contributed by atoms with E-state index in [1.807, 2.05) is 57.1 Å². The topological polar surface area (TPSA) is 88.3 Å². The highest BCUT2D eigenvalue weighted by atomic mass is 19.1. The summed E-state index contributed by atoms with van der Waals surface area (Å²) in [4.78, 5) is 27.6. The largest absolute Gasteiger partial charge is 0.470 e. The molecule has 0 saturated carbocycles. The molecule has 10 nitrogen and oxygen atoms in total. The van der Waals surface area contributed by atoms with Gasteiger partial charge in [-0.05, 0) is 52.8 Å². The van der Waals surface area contributed by atoms with Gasteiger partial charge < -0.3 is 24.2 Å². The number of piperidine rings is 1. The number of likely N-dealkylation sites (N-methyl/N-ethyl adjacent to an activating group) is 1. The molecule has 2 saturated heterocycles. The average Bonchev–Trinajstić information content (AvgIpc) is 3.29. The number of halogens is 1. The monoisotopic (exact) mass is 511 g/mol. The van der Waals surface area contributed by atoms with Crippen LogP contribution in [0.4, 0.5) is 15.0 Å². The fourth-order valence-corrected chi connectivity index (χ4v) is 4.63. The third-order valence-corrected chi connectivity index (χ3v) is 6.58. The second-order valence-electron chi connectivity index (χ2n) is 10.7. The average molecular weight is 512 g/mol. The Hall–Kier alpha value is -3.47. The van der Waals surface area contributed by atoms with Crippen molar-refractivity contribution in [2.75, 3.05) is 51.2 Å². The smallest absolute Gasteiger partial charge is 0.410 e. The number of likely N-dealkylation sites (tertiary alicyclic amines) is 1. The zero-order valence-corrected chi connectivity index (χ0v) is 21.9. The number of nitrogens with zero attached hydrogens (tertiary/aromatic N) is 7.